The maximum absolute atomic E-state index is 11.1. The minimum atomic E-state index is -0.275. The van der Waals surface area contributed by atoms with E-state index in [1.807, 2.05) is 19.2 Å². The van der Waals surface area contributed by atoms with Gasteiger partial charge >= 0.3 is 5.97 Å². The summed E-state index contributed by atoms with van der Waals surface area (Å²) in [5.74, 6) is 0.394. The number of hydrogen-bond acceptors (Lipinski definition) is 4. The van der Waals surface area contributed by atoms with Gasteiger partial charge in [-0.25, -0.2) is 0 Å². The molecule has 1 heterocycles. The van der Waals surface area contributed by atoms with Gasteiger partial charge in [0.25, 0.3) is 0 Å². The highest BCUT2D eigenvalue weighted by Crippen LogP contribution is 2.34. The van der Waals surface area contributed by atoms with Crippen molar-refractivity contribution in [1.29, 1.82) is 0 Å². The van der Waals surface area contributed by atoms with E-state index >= 15 is 0 Å². The summed E-state index contributed by atoms with van der Waals surface area (Å²) < 4.78 is 6.42. The Hall–Kier alpha value is -1.39. The van der Waals surface area contributed by atoms with Crippen molar-refractivity contribution in [3.05, 3.63) is 29.1 Å². The molecule has 2 rings (SSSR count). The summed E-state index contributed by atoms with van der Waals surface area (Å²) in [6.45, 7) is 2.35. The standard InChI is InChI=1S/C13H15NO2S/c1-9(15)16-11-4-3-5-12-13(11)10(8-17-12)6-7-14-2/h3-5,8,14H,6-7H2,1-2H3. The molecule has 0 unspecified atom stereocenters. The number of likely N-dealkylation sites (N-methyl/N-ethyl adjacent to an activating group) is 1. The predicted octanol–water partition coefficient (Wildman–Crippen LogP) is 2.59. The Morgan fingerprint density at radius 1 is 1.47 bits per heavy atom. The minimum absolute atomic E-state index is 0.275. The molecule has 1 N–H and O–H groups in total. The molecule has 0 amide bonds. The van der Waals surface area contributed by atoms with E-state index in [1.165, 1.54) is 12.5 Å². The molecule has 17 heavy (non-hydrogen) atoms. The lowest BCUT2D eigenvalue weighted by Crippen LogP contribution is -2.10. The molecule has 0 bridgehead atoms. The maximum Gasteiger partial charge on any atom is 0.308 e. The van der Waals surface area contributed by atoms with Crippen molar-refractivity contribution in [2.75, 3.05) is 13.6 Å². The Kier molecular flexibility index (Phi) is 3.76. The molecule has 0 atom stereocenters. The van der Waals surface area contributed by atoms with Crippen LogP contribution in [0.15, 0.2) is 23.6 Å². The molecule has 0 aliphatic rings. The van der Waals surface area contributed by atoms with Gasteiger partial charge in [-0.05, 0) is 43.1 Å². The third-order valence-electron chi connectivity index (χ3n) is 2.54. The van der Waals surface area contributed by atoms with Gasteiger partial charge in [0.1, 0.15) is 5.75 Å². The first-order valence-corrected chi connectivity index (χ1v) is 6.42. The Labute approximate surface area is 104 Å². The van der Waals surface area contributed by atoms with Crippen LogP contribution in [-0.2, 0) is 11.2 Å². The van der Waals surface area contributed by atoms with Gasteiger partial charge < -0.3 is 10.1 Å². The highest BCUT2D eigenvalue weighted by Gasteiger charge is 2.10. The van der Waals surface area contributed by atoms with Crippen LogP contribution >= 0.6 is 11.3 Å². The third-order valence-corrected chi connectivity index (χ3v) is 3.53. The summed E-state index contributed by atoms with van der Waals surface area (Å²) in [4.78, 5) is 11.1. The molecule has 0 spiro atoms. The van der Waals surface area contributed by atoms with E-state index in [9.17, 15) is 4.79 Å². The zero-order chi connectivity index (χ0) is 12.3. The van der Waals surface area contributed by atoms with Crippen molar-refractivity contribution < 1.29 is 9.53 Å². The van der Waals surface area contributed by atoms with Crippen LogP contribution in [0.3, 0.4) is 0 Å². The maximum atomic E-state index is 11.1. The first-order valence-electron chi connectivity index (χ1n) is 5.54. The molecule has 3 nitrogen and oxygen atoms in total. The van der Waals surface area contributed by atoms with E-state index in [2.05, 4.69) is 16.8 Å². The number of carbonyl (C=O) groups excluding carboxylic acids is 1. The lowest BCUT2D eigenvalue weighted by Gasteiger charge is -2.05. The van der Waals surface area contributed by atoms with Crippen LogP contribution in [0, 0.1) is 0 Å². The van der Waals surface area contributed by atoms with E-state index in [4.69, 9.17) is 4.74 Å². The molecule has 1 aromatic heterocycles. The van der Waals surface area contributed by atoms with E-state index in [0.29, 0.717) is 5.75 Å². The number of thiophene rings is 1. The fourth-order valence-corrected chi connectivity index (χ4v) is 2.81. The van der Waals surface area contributed by atoms with Gasteiger partial charge in [-0.2, -0.15) is 0 Å². The number of nitrogens with one attached hydrogen (secondary N) is 1. The van der Waals surface area contributed by atoms with Gasteiger partial charge in [-0.1, -0.05) is 6.07 Å². The first kappa shape index (κ1) is 12.1. The Morgan fingerprint density at radius 2 is 2.29 bits per heavy atom. The lowest BCUT2D eigenvalue weighted by molar-refractivity contribution is -0.131. The van der Waals surface area contributed by atoms with Crippen LogP contribution in [-0.4, -0.2) is 19.6 Å². The normalized spacial score (nSPS) is 10.7. The van der Waals surface area contributed by atoms with Crippen LogP contribution in [0.25, 0.3) is 10.1 Å². The van der Waals surface area contributed by atoms with Gasteiger partial charge in [-0.3, -0.25) is 4.79 Å². The number of rotatable bonds is 4. The van der Waals surface area contributed by atoms with Crippen molar-refractivity contribution in [2.24, 2.45) is 0 Å². The topological polar surface area (TPSA) is 38.3 Å². The SMILES string of the molecule is CNCCc1csc2cccc(OC(C)=O)c12. The zero-order valence-electron chi connectivity index (χ0n) is 9.95. The quantitative estimate of drug-likeness (QED) is 0.668. The number of ether oxygens (including phenoxy) is 1. The summed E-state index contributed by atoms with van der Waals surface area (Å²) in [6.07, 6.45) is 0.939. The number of hydrogen-bond donors (Lipinski definition) is 1. The van der Waals surface area contributed by atoms with Crippen molar-refractivity contribution in [1.82, 2.24) is 5.32 Å². The van der Waals surface area contributed by atoms with Gasteiger partial charge in [0, 0.05) is 17.0 Å². The highest BCUT2D eigenvalue weighted by atomic mass is 32.1. The number of benzene rings is 1. The summed E-state index contributed by atoms with van der Waals surface area (Å²) in [7, 11) is 1.93. The summed E-state index contributed by atoms with van der Waals surface area (Å²) >= 11 is 1.69. The van der Waals surface area contributed by atoms with Crippen molar-refractivity contribution in [3.8, 4) is 5.75 Å². The molecule has 90 valence electrons. The van der Waals surface area contributed by atoms with Gasteiger partial charge in [0.15, 0.2) is 0 Å². The van der Waals surface area contributed by atoms with Crippen LogP contribution in [0.5, 0.6) is 5.75 Å². The van der Waals surface area contributed by atoms with E-state index in [0.717, 1.165) is 23.1 Å². The highest BCUT2D eigenvalue weighted by molar-refractivity contribution is 7.17. The summed E-state index contributed by atoms with van der Waals surface area (Å²) in [5, 5.41) is 6.33. The third kappa shape index (κ3) is 2.65. The molecule has 1 aromatic carbocycles. The Balaban J connectivity index is 2.43. The monoisotopic (exact) mass is 249 g/mol. The van der Waals surface area contributed by atoms with Crippen LogP contribution in [0.2, 0.25) is 0 Å². The number of fused-ring (bicyclic) bond motifs is 1. The lowest BCUT2D eigenvalue weighted by atomic mass is 10.1. The second kappa shape index (κ2) is 5.29. The molecule has 0 fully saturated rings. The van der Waals surface area contributed by atoms with Crippen LogP contribution in [0.1, 0.15) is 12.5 Å². The van der Waals surface area contributed by atoms with Crippen LogP contribution < -0.4 is 10.1 Å². The predicted molar refractivity (Wildman–Crippen MR) is 70.8 cm³/mol. The molecule has 4 heteroatoms. The largest absolute Gasteiger partial charge is 0.426 e. The van der Waals surface area contributed by atoms with Crippen molar-refractivity contribution in [2.45, 2.75) is 13.3 Å². The molecule has 0 aliphatic heterocycles. The van der Waals surface area contributed by atoms with Crippen LogP contribution in [0.4, 0.5) is 0 Å². The van der Waals surface area contributed by atoms with Gasteiger partial charge in [-0.15, -0.1) is 11.3 Å². The molecule has 0 saturated carbocycles. The molecule has 0 saturated heterocycles. The summed E-state index contributed by atoms with van der Waals surface area (Å²) in [6, 6.07) is 5.81. The second-order valence-electron chi connectivity index (χ2n) is 3.84. The van der Waals surface area contributed by atoms with Crippen molar-refractivity contribution in [3.63, 3.8) is 0 Å². The molecule has 2 aromatic rings. The summed E-state index contributed by atoms with van der Waals surface area (Å²) in [5.41, 5.74) is 1.23. The van der Waals surface area contributed by atoms with Crippen molar-refractivity contribution >= 4 is 27.4 Å². The van der Waals surface area contributed by atoms with E-state index < -0.39 is 0 Å². The minimum Gasteiger partial charge on any atom is -0.426 e. The smallest absolute Gasteiger partial charge is 0.308 e. The fourth-order valence-electron chi connectivity index (χ4n) is 1.80. The zero-order valence-corrected chi connectivity index (χ0v) is 10.8. The number of carbonyl (C=O) groups is 1. The molecule has 0 radical (unpaired) electrons. The average Bonchev–Trinajstić information content (AvgIpc) is 2.70. The number of esters is 1. The second-order valence-corrected chi connectivity index (χ2v) is 4.75. The molecular formula is C13H15NO2S. The average molecular weight is 249 g/mol. The Bertz CT molecular complexity index is 533. The Morgan fingerprint density at radius 3 is 3.00 bits per heavy atom. The van der Waals surface area contributed by atoms with E-state index in [-0.39, 0.29) is 5.97 Å². The fraction of sp³-hybridized carbons (Fsp3) is 0.308. The molecular weight excluding hydrogens is 234 g/mol. The first-order chi connectivity index (χ1) is 8.22. The van der Waals surface area contributed by atoms with E-state index in [1.54, 1.807) is 11.3 Å². The van der Waals surface area contributed by atoms with Gasteiger partial charge in [0.05, 0.1) is 0 Å². The molecule has 0 aliphatic carbocycles. The van der Waals surface area contributed by atoms with Gasteiger partial charge in [0.2, 0.25) is 0 Å².